The molecule has 0 aliphatic carbocycles. The Morgan fingerprint density at radius 3 is 2.21 bits per heavy atom. The second-order valence-electron chi connectivity index (χ2n) is 7.98. The lowest BCUT2D eigenvalue weighted by molar-refractivity contribution is -0.123. The highest BCUT2D eigenvalue weighted by molar-refractivity contribution is 6.21. The van der Waals surface area contributed by atoms with Crippen molar-refractivity contribution in [3.63, 3.8) is 0 Å². The maximum absolute atomic E-state index is 12.6. The Hall–Kier alpha value is -4.46. The highest BCUT2D eigenvalue weighted by Gasteiger charge is 2.35. The van der Waals surface area contributed by atoms with Crippen LogP contribution in [0.25, 0.3) is 0 Å². The lowest BCUT2D eigenvalue weighted by Crippen LogP contribution is -2.43. The minimum atomic E-state index is -0.538. The summed E-state index contributed by atoms with van der Waals surface area (Å²) in [6.07, 6.45) is 0. The van der Waals surface area contributed by atoms with Crippen LogP contribution < -0.4 is 15.6 Å². The topological polar surface area (TPSA) is 105 Å². The lowest BCUT2D eigenvalue weighted by atomic mass is 10.1. The molecular weight excluding hydrogens is 434 g/mol. The van der Waals surface area contributed by atoms with Crippen molar-refractivity contribution in [1.82, 2.24) is 15.8 Å². The number of carbonyl (C=O) groups is 4. The number of ether oxygens (including phenoxy) is 1. The van der Waals surface area contributed by atoms with Gasteiger partial charge in [0.05, 0.1) is 17.7 Å². The predicted molar refractivity (Wildman–Crippen MR) is 124 cm³/mol. The molecule has 1 heterocycles. The van der Waals surface area contributed by atoms with Gasteiger partial charge < -0.3 is 4.74 Å². The number of fused-ring (bicyclic) bond motifs is 1. The van der Waals surface area contributed by atoms with Crippen LogP contribution in [0.1, 0.15) is 47.8 Å². The standard InChI is InChI=1S/C26H23N3O5/c1-16-10-11-20(12-17(16)2)34-15-23(30)27-28-24(31)19-7-5-6-18(13-19)14-29-25(32)21-8-3-4-9-22(21)26(29)33/h3-13H,14-15H2,1-2H3,(H,27,30)(H,28,31). The summed E-state index contributed by atoms with van der Waals surface area (Å²) in [4.78, 5) is 50.8. The van der Waals surface area contributed by atoms with Crippen molar-refractivity contribution in [3.05, 3.63) is 100 Å². The van der Waals surface area contributed by atoms with E-state index in [1.54, 1.807) is 54.6 Å². The van der Waals surface area contributed by atoms with E-state index in [0.29, 0.717) is 22.4 Å². The van der Waals surface area contributed by atoms with Gasteiger partial charge >= 0.3 is 0 Å². The second-order valence-corrected chi connectivity index (χ2v) is 7.98. The third-order valence-corrected chi connectivity index (χ3v) is 5.57. The van der Waals surface area contributed by atoms with Gasteiger partial charge in [0.25, 0.3) is 23.6 Å². The number of hydrogen-bond acceptors (Lipinski definition) is 5. The summed E-state index contributed by atoms with van der Waals surface area (Å²) < 4.78 is 5.45. The van der Waals surface area contributed by atoms with E-state index in [2.05, 4.69) is 10.9 Å². The molecule has 0 saturated heterocycles. The van der Waals surface area contributed by atoms with Crippen molar-refractivity contribution in [3.8, 4) is 5.75 Å². The van der Waals surface area contributed by atoms with Gasteiger partial charge in [0.1, 0.15) is 5.75 Å². The summed E-state index contributed by atoms with van der Waals surface area (Å²) in [5, 5.41) is 0. The molecule has 8 nitrogen and oxygen atoms in total. The summed E-state index contributed by atoms with van der Waals surface area (Å²) in [5.41, 5.74) is 8.43. The fourth-order valence-corrected chi connectivity index (χ4v) is 3.56. The quantitative estimate of drug-likeness (QED) is 0.438. The second kappa shape index (κ2) is 9.58. The number of hydrogen-bond donors (Lipinski definition) is 2. The van der Waals surface area contributed by atoms with Gasteiger partial charge in [-0.05, 0) is 66.9 Å². The molecule has 4 rings (SSSR count). The fourth-order valence-electron chi connectivity index (χ4n) is 3.56. The van der Waals surface area contributed by atoms with Crippen molar-refractivity contribution < 1.29 is 23.9 Å². The molecule has 0 saturated carbocycles. The number of imide groups is 1. The monoisotopic (exact) mass is 457 g/mol. The largest absolute Gasteiger partial charge is 0.484 e. The van der Waals surface area contributed by atoms with E-state index in [1.807, 2.05) is 26.0 Å². The first kappa shape index (κ1) is 22.7. The average molecular weight is 457 g/mol. The van der Waals surface area contributed by atoms with Gasteiger partial charge in [-0.3, -0.25) is 34.9 Å². The maximum Gasteiger partial charge on any atom is 0.276 e. The number of carbonyl (C=O) groups excluding carboxylic acids is 4. The van der Waals surface area contributed by atoms with Gasteiger partial charge in [-0.1, -0.05) is 30.3 Å². The number of benzene rings is 3. The van der Waals surface area contributed by atoms with Crippen molar-refractivity contribution in [1.29, 1.82) is 0 Å². The first-order valence-electron chi connectivity index (χ1n) is 10.7. The van der Waals surface area contributed by atoms with Crippen LogP contribution in [-0.4, -0.2) is 35.1 Å². The van der Waals surface area contributed by atoms with E-state index in [0.717, 1.165) is 16.0 Å². The van der Waals surface area contributed by atoms with Gasteiger partial charge in [0, 0.05) is 5.56 Å². The smallest absolute Gasteiger partial charge is 0.276 e. The van der Waals surface area contributed by atoms with E-state index < -0.39 is 11.8 Å². The zero-order valence-electron chi connectivity index (χ0n) is 18.8. The van der Waals surface area contributed by atoms with Gasteiger partial charge in [-0.15, -0.1) is 0 Å². The Morgan fingerprint density at radius 1 is 0.824 bits per heavy atom. The highest BCUT2D eigenvalue weighted by Crippen LogP contribution is 2.24. The number of rotatable bonds is 6. The molecule has 0 bridgehead atoms. The summed E-state index contributed by atoms with van der Waals surface area (Å²) in [5.74, 6) is -1.24. The highest BCUT2D eigenvalue weighted by atomic mass is 16.5. The predicted octanol–water partition coefficient (Wildman–Crippen LogP) is 2.94. The molecule has 3 aromatic carbocycles. The molecule has 0 unspecified atom stereocenters. The van der Waals surface area contributed by atoms with E-state index in [1.165, 1.54) is 0 Å². The number of aryl methyl sites for hydroxylation is 2. The zero-order valence-corrected chi connectivity index (χ0v) is 18.8. The zero-order chi connectivity index (χ0) is 24.2. The SMILES string of the molecule is Cc1ccc(OCC(=O)NNC(=O)c2cccc(CN3C(=O)c4ccccc4C3=O)c2)cc1C. The molecule has 0 spiro atoms. The average Bonchev–Trinajstić information content (AvgIpc) is 3.08. The molecule has 1 aliphatic rings. The normalized spacial score (nSPS) is 12.4. The molecule has 34 heavy (non-hydrogen) atoms. The molecule has 0 fully saturated rings. The third kappa shape index (κ3) is 4.80. The first-order chi connectivity index (χ1) is 16.3. The van der Waals surface area contributed by atoms with E-state index in [4.69, 9.17) is 4.74 Å². The van der Waals surface area contributed by atoms with E-state index in [-0.39, 0.29) is 30.5 Å². The van der Waals surface area contributed by atoms with Crippen LogP contribution in [-0.2, 0) is 11.3 Å². The number of nitrogens with zero attached hydrogens (tertiary/aromatic N) is 1. The Kier molecular flexibility index (Phi) is 6.40. The minimum absolute atomic E-state index is 0.0314. The van der Waals surface area contributed by atoms with Crippen LogP contribution in [0, 0.1) is 13.8 Å². The Morgan fingerprint density at radius 2 is 1.53 bits per heavy atom. The summed E-state index contributed by atoms with van der Waals surface area (Å²) in [6.45, 7) is 3.70. The van der Waals surface area contributed by atoms with Gasteiger partial charge in [-0.2, -0.15) is 0 Å². The van der Waals surface area contributed by atoms with Gasteiger partial charge in [-0.25, -0.2) is 0 Å². The number of amides is 4. The number of hydrazine groups is 1. The molecular formula is C26H23N3O5. The Balaban J connectivity index is 1.32. The van der Waals surface area contributed by atoms with E-state index >= 15 is 0 Å². The molecule has 3 aromatic rings. The molecule has 1 aliphatic heterocycles. The van der Waals surface area contributed by atoms with Crippen LogP contribution in [0.3, 0.4) is 0 Å². The van der Waals surface area contributed by atoms with Crippen LogP contribution in [0.5, 0.6) is 5.75 Å². The Bertz CT molecular complexity index is 1270. The summed E-state index contributed by atoms with van der Waals surface area (Å²) in [7, 11) is 0. The first-order valence-corrected chi connectivity index (χ1v) is 10.7. The molecule has 0 aromatic heterocycles. The van der Waals surface area contributed by atoms with Crippen molar-refractivity contribution >= 4 is 23.6 Å². The van der Waals surface area contributed by atoms with Crippen molar-refractivity contribution in [2.75, 3.05) is 6.61 Å². The fraction of sp³-hybridized carbons (Fsp3) is 0.154. The maximum atomic E-state index is 12.6. The van der Waals surface area contributed by atoms with Gasteiger partial charge in [0.15, 0.2) is 6.61 Å². The van der Waals surface area contributed by atoms with Gasteiger partial charge in [0.2, 0.25) is 0 Å². The molecule has 8 heteroatoms. The lowest BCUT2D eigenvalue weighted by Gasteiger charge is -2.15. The van der Waals surface area contributed by atoms with Crippen molar-refractivity contribution in [2.24, 2.45) is 0 Å². The molecule has 0 atom stereocenters. The van der Waals surface area contributed by atoms with Crippen LogP contribution >= 0.6 is 0 Å². The summed E-state index contributed by atoms with van der Waals surface area (Å²) >= 11 is 0. The van der Waals surface area contributed by atoms with Crippen molar-refractivity contribution in [2.45, 2.75) is 20.4 Å². The van der Waals surface area contributed by atoms with Crippen LogP contribution in [0.4, 0.5) is 0 Å². The summed E-state index contributed by atoms with van der Waals surface area (Å²) in [6, 6.07) is 18.7. The van der Waals surface area contributed by atoms with Crippen LogP contribution in [0.2, 0.25) is 0 Å². The van der Waals surface area contributed by atoms with E-state index in [9.17, 15) is 19.2 Å². The molecule has 0 radical (unpaired) electrons. The molecule has 172 valence electrons. The number of nitrogens with one attached hydrogen (secondary N) is 2. The minimum Gasteiger partial charge on any atom is -0.484 e. The van der Waals surface area contributed by atoms with Crippen LogP contribution in [0.15, 0.2) is 66.7 Å². The molecule has 4 amide bonds. The third-order valence-electron chi connectivity index (χ3n) is 5.57. The molecule has 2 N–H and O–H groups in total. The Labute approximate surface area is 196 Å².